The lowest BCUT2D eigenvalue weighted by atomic mass is 10.2. The zero-order chi connectivity index (χ0) is 9.68. The fraction of sp³-hybridized carbons (Fsp3) is 0.444. The number of hydrogen-bond acceptors (Lipinski definition) is 3. The standard InChI is InChI=1S/C9H12O2S2/c1-7(4-5-8(10)11)13-9-3-2-6-12-9/h2-3,6-7H,4-5H2,1H3,(H,10,11). The number of aliphatic carboxylic acids is 1. The Kier molecular flexibility index (Phi) is 4.32. The largest absolute Gasteiger partial charge is 0.481 e. The molecule has 72 valence electrons. The van der Waals surface area contributed by atoms with Gasteiger partial charge in [-0.15, -0.1) is 23.1 Å². The minimum atomic E-state index is -0.710. The molecule has 1 aromatic heterocycles. The number of carbonyl (C=O) groups is 1. The molecule has 0 saturated carbocycles. The highest BCUT2D eigenvalue weighted by atomic mass is 32.2. The van der Waals surface area contributed by atoms with Gasteiger partial charge in [-0.25, -0.2) is 0 Å². The van der Waals surface area contributed by atoms with Gasteiger partial charge in [0, 0.05) is 11.7 Å². The molecule has 0 bridgehead atoms. The zero-order valence-corrected chi connectivity index (χ0v) is 9.03. The van der Waals surface area contributed by atoms with E-state index in [0.717, 1.165) is 6.42 Å². The van der Waals surface area contributed by atoms with Crippen LogP contribution in [0.2, 0.25) is 0 Å². The monoisotopic (exact) mass is 216 g/mol. The summed E-state index contributed by atoms with van der Waals surface area (Å²) in [6.07, 6.45) is 0.997. The minimum absolute atomic E-state index is 0.263. The molecule has 0 aliphatic carbocycles. The zero-order valence-electron chi connectivity index (χ0n) is 7.40. The first-order chi connectivity index (χ1) is 6.18. The molecule has 0 aliphatic heterocycles. The maximum absolute atomic E-state index is 10.3. The van der Waals surface area contributed by atoms with Gasteiger partial charge in [0.05, 0.1) is 4.21 Å². The van der Waals surface area contributed by atoms with E-state index in [1.807, 2.05) is 11.4 Å². The molecule has 13 heavy (non-hydrogen) atoms. The van der Waals surface area contributed by atoms with Crippen LogP contribution < -0.4 is 0 Å². The second-order valence-electron chi connectivity index (χ2n) is 2.79. The lowest BCUT2D eigenvalue weighted by molar-refractivity contribution is -0.137. The van der Waals surface area contributed by atoms with Crippen LogP contribution in [0, 0.1) is 0 Å². The second kappa shape index (κ2) is 5.29. The average molecular weight is 216 g/mol. The van der Waals surface area contributed by atoms with E-state index in [4.69, 9.17) is 5.11 Å². The van der Waals surface area contributed by atoms with Gasteiger partial charge >= 0.3 is 5.97 Å². The van der Waals surface area contributed by atoms with E-state index >= 15 is 0 Å². The summed E-state index contributed by atoms with van der Waals surface area (Å²) in [6.45, 7) is 2.06. The molecule has 2 nitrogen and oxygen atoms in total. The summed E-state index contributed by atoms with van der Waals surface area (Å²) in [5.74, 6) is -0.710. The molecule has 1 unspecified atom stereocenters. The van der Waals surface area contributed by atoms with E-state index in [9.17, 15) is 4.79 Å². The first kappa shape index (κ1) is 10.6. The van der Waals surface area contributed by atoms with Crippen molar-refractivity contribution in [2.75, 3.05) is 0 Å². The van der Waals surface area contributed by atoms with Crippen molar-refractivity contribution in [3.63, 3.8) is 0 Å². The Bertz CT molecular complexity index is 257. The van der Waals surface area contributed by atoms with Crippen LogP contribution in [0.4, 0.5) is 0 Å². The van der Waals surface area contributed by atoms with Crippen LogP contribution in [-0.2, 0) is 4.79 Å². The van der Waals surface area contributed by atoms with Crippen molar-refractivity contribution in [3.05, 3.63) is 17.5 Å². The Balaban J connectivity index is 2.25. The molecule has 4 heteroatoms. The summed E-state index contributed by atoms with van der Waals surface area (Å²) in [7, 11) is 0. The Morgan fingerprint density at radius 1 is 1.77 bits per heavy atom. The van der Waals surface area contributed by atoms with Crippen LogP contribution in [-0.4, -0.2) is 16.3 Å². The summed E-state index contributed by atoms with van der Waals surface area (Å²) in [6, 6.07) is 4.07. The highest BCUT2D eigenvalue weighted by Crippen LogP contribution is 2.29. The molecule has 1 N–H and O–H groups in total. The predicted molar refractivity (Wildman–Crippen MR) is 56.5 cm³/mol. The number of carboxylic acid groups (broad SMARTS) is 1. The summed E-state index contributed by atoms with van der Waals surface area (Å²) in [5.41, 5.74) is 0. The number of rotatable bonds is 5. The molecular weight excluding hydrogens is 204 g/mol. The van der Waals surface area contributed by atoms with Crippen LogP contribution in [0.15, 0.2) is 21.7 Å². The fourth-order valence-electron chi connectivity index (χ4n) is 0.914. The van der Waals surface area contributed by atoms with Crippen LogP contribution in [0.25, 0.3) is 0 Å². The molecule has 0 fully saturated rings. The Morgan fingerprint density at radius 3 is 3.08 bits per heavy atom. The highest BCUT2D eigenvalue weighted by Gasteiger charge is 2.07. The van der Waals surface area contributed by atoms with Gasteiger partial charge < -0.3 is 5.11 Å². The van der Waals surface area contributed by atoms with Gasteiger partial charge in [0.25, 0.3) is 0 Å². The number of hydrogen-bond donors (Lipinski definition) is 1. The molecule has 0 aromatic carbocycles. The van der Waals surface area contributed by atoms with E-state index in [1.54, 1.807) is 23.1 Å². The minimum Gasteiger partial charge on any atom is -0.481 e. The van der Waals surface area contributed by atoms with Gasteiger partial charge in [-0.1, -0.05) is 13.0 Å². The van der Waals surface area contributed by atoms with Crippen molar-refractivity contribution in [2.24, 2.45) is 0 Å². The van der Waals surface area contributed by atoms with Gasteiger partial charge in [0.1, 0.15) is 0 Å². The quantitative estimate of drug-likeness (QED) is 0.768. The lowest BCUT2D eigenvalue weighted by Crippen LogP contribution is -2.01. The summed E-state index contributed by atoms with van der Waals surface area (Å²) < 4.78 is 1.26. The normalized spacial score (nSPS) is 12.7. The maximum atomic E-state index is 10.3. The first-order valence-corrected chi connectivity index (χ1v) is 5.86. The Labute approximate surface area is 86.0 Å². The number of thiophene rings is 1. The number of carboxylic acids is 1. The van der Waals surface area contributed by atoms with E-state index < -0.39 is 5.97 Å². The molecule has 0 amide bonds. The smallest absolute Gasteiger partial charge is 0.303 e. The van der Waals surface area contributed by atoms with Crippen molar-refractivity contribution in [1.82, 2.24) is 0 Å². The number of thioether (sulfide) groups is 1. The van der Waals surface area contributed by atoms with Crippen molar-refractivity contribution in [3.8, 4) is 0 Å². The molecule has 1 aromatic rings. The average Bonchev–Trinajstić information content (AvgIpc) is 2.53. The predicted octanol–water partition coefficient (Wildman–Crippen LogP) is 3.09. The van der Waals surface area contributed by atoms with Crippen molar-refractivity contribution >= 4 is 29.1 Å². The van der Waals surface area contributed by atoms with E-state index in [1.165, 1.54) is 4.21 Å². The highest BCUT2D eigenvalue weighted by molar-refractivity contribution is 8.01. The third-order valence-corrected chi connectivity index (χ3v) is 3.82. The molecule has 1 atom stereocenters. The SMILES string of the molecule is CC(CCC(=O)O)Sc1cccs1. The molecule has 1 heterocycles. The van der Waals surface area contributed by atoms with E-state index in [0.29, 0.717) is 5.25 Å². The Hall–Kier alpha value is -0.480. The van der Waals surface area contributed by atoms with Crippen LogP contribution in [0.1, 0.15) is 19.8 Å². The van der Waals surface area contributed by atoms with Crippen molar-refractivity contribution in [1.29, 1.82) is 0 Å². The van der Waals surface area contributed by atoms with E-state index in [2.05, 4.69) is 13.0 Å². The fourth-order valence-corrected chi connectivity index (χ4v) is 3.03. The van der Waals surface area contributed by atoms with Gasteiger partial charge in [-0.2, -0.15) is 0 Å². The molecule has 1 rings (SSSR count). The van der Waals surface area contributed by atoms with Crippen LogP contribution in [0.5, 0.6) is 0 Å². The Morgan fingerprint density at radius 2 is 2.54 bits per heavy atom. The molecule has 0 aliphatic rings. The van der Waals surface area contributed by atoms with Gasteiger partial charge in [0.15, 0.2) is 0 Å². The van der Waals surface area contributed by atoms with Crippen LogP contribution in [0.3, 0.4) is 0 Å². The van der Waals surface area contributed by atoms with Gasteiger partial charge in [0.2, 0.25) is 0 Å². The second-order valence-corrected chi connectivity index (χ2v) is 5.48. The topological polar surface area (TPSA) is 37.3 Å². The van der Waals surface area contributed by atoms with E-state index in [-0.39, 0.29) is 6.42 Å². The maximum Gasteiger partial charge on any atom is 0.303 e. The summed E-state index contributed by atoms with van der Waals surface area (Å²) in [5, 5.41) is 10.9. The molecule has 0 spiro atoms. The van der Waals surface area contributed by atoms with Gasteiger partial charge in [-0.05, 0) is 17.9 Å². The summed E-state index contributed by atoms with van der Waals surface area (Å²) >= 11 is 3.45. The first-order valence-electron chi connectivity index (χ1n) is 4.10. The third-order valence-electron chi connectivity index (χ3n) is 1.58. The molecular formula is C9H12O2S2. The van der Waals surface area contributed by atoms with Gasteiger partial charge in [-0.3, -0.25) is 4.79 Å². The lowest BCUT2D eigenvalue weighted by Gasteiger charge is -2.06. The third kappa shape index (κ3) is 4.33. The summed E-state index contributed by atoms with van der Waals surface area (Å²) in [4.78, 5) is 10.3. The molecule has 0 radical (unpaired) electrons. The van der Waals surface area contributed by atoms with Crippen LogP contribution >= 0.6 is 23.1 Å². The van der Waals surface area contributed by atoms with Crippen molar-refractivity contribution < 1.29 is 9.90 Å². The van der Waals surface area contributed by atoms with Crippen molar-refractivity contribution in [2.45, 2.75) is 29.2 Å². The molecule has 0 saturated heterocycles.